The summed E-state index contributed by atoms with van der Waals surface area (Å²) in [6, 6.07) is 28.5. The first kappa shape index (κ1) is 26.8. The van der Waals surface area contributed by atoms with Crippen LogP contribution in [0.25, 0.3) is 20.9 Å². The number of hydrogen-bond acceptors (Lipinski definition) is 8. The Labute approximate surface area is 235 Å². The van der Waals surface area contributed by atoms with Gasteiger partial charge < -0.3 is 14.6 Å². The normalized spacial score (nSPS) is 12.0. The fraction of sp³-hybridized carbons (Fsp3) is 0.125. The minimum Gasteiger partial charge on any atom is -0.318 e. The predicted octanol–water partition coefficient (Wildman–Crippen LogP) is 8.10. The molecule has 0 saturated heterocycles. The van der Waals surface area contributed by atoms with Crippen molar-refractivity contribution in [2.75, 3.05) is 4.90 Å². The molecule has 4 aromatic carbocycles. The summed E-state index contributed by atoms with van der Waals surface area (Å²) in [4.78, 5) is 34.8. The molecule has 0 atom stereocenters. The van der Waals surface area contributed by atoms with E-state index in [-0.39, 0.29) is 0 Å². The number of nitrogens with zero attached hydrogens (tertiary/aromatic N) is 3. The van der Waals surface area contributed by atoms with Crippen LogP contribution in [-0.2, 0) is 19.3 Å². The molecule has 0 spiro atoms. The second kappa shape index (κ2) is 11.5. The molecule has 0 radical (unpaired) electrons. The molecule has 0 fully saturated rings. The predicted molar refractivity (Wildman–Crippen MR) is 162 cm³/mol. The highest BCUT2D eigenvalue weighted by atomic mass is 32.1. The Morgan fingerprint density at radius 3 is 1.88 bits per heavy atom. The van der Waals surface area contributed by atoms with Crippen molar-refractivity contribution in [1.29, 1.82) is 0 Å². The highest BCUT2D eigenvalue weighted by molar-refractivity contribution is 7.17. The van der Waals surface area contributed by atoms with E-state index in [1.807, 2.05) is 61.5 Å². The number of benzene rings is 4. The molecule has 7 nitrogen and oxygen atoms in total. The van der Waals surface area contributed by atoms with Gasteiger partial charge in [0.2, 0.25) is 0 Å². The highest BCUT2D eigenvalue weighted by Gasteiger charge is 2.23. The molecule has 40 heavy (non-hydrogen) atoms. The summed E-state index contributed by atoms with van der Waals surface area (Å²) in [6.45, 7) is 6.32. The molecule has 0 aliphatic rings. The number of fused-ring (bicyclic) bond motifs is 2. The third-order valence-corrected chi connectivity index (χ3v) is 7.30. The molecule has 0 N–H and O–H groups in total. The zero-order valence-electron chi connectivity index (χ0n) is 22.5. The maximum atomic E-state index is 11.5. The van der Waals surface area contributed by atoms with E-state index >= 15 is 0 Å². The van der Waals surface area contributed by atoms with Crippen molar-refractivity contribution in [1.82, 2.24) is 0 Å². The Bertz CT molecular complexity index is 1770. The van der Waals surface area contributed by atoms with Gasteiger partial charge in [0.15, 0.2) is 0 Å². The largest absolute Gasteiger partial charge is 0.331 e. The van der Waals surface area contributed by atoms with Gasteiger partial charge >= 0.3 is 11.9 Å². The van der Waals surface area contributed by atoms with Gasteiger partial charge in [0.05, 0.1) is 17.1 Å². The van der Waals surface area contributed by atoms with Gasteiger partial charge in [-0.05, 0) is 60.5 Å². The number of oxime groups is 2. The van der Waals surface area contributed by atoms with Crippen molar-refractivity contribution < 1.29 is 19.3 Å². The van der Waals surface area contributed by atoms with Gasteiger partial charge in [-0.1, -0.05) is 64.9 Å². The lowest BCUT2D eigenvalue weighted by molar-refractivity contribution is -0.141. The summed E-state index contributed by atoms with van der Waals surface area (Å²) in [7, 11) is 0. The molecule has 0 bridgehead atoms. The van der Waals surface area contributed by atoms with E-state index < -0.39 is 11.9 Å². The second-order valence-electron chi connectivity index (χ2n) is 9.17. The molecule has 0 saturated carbocycles. The molecule has 0 unspecified atom stereocenters. The lowest BCUT2D eigenvalue weighted by atomic mass is 9.96. The number of carbonyl (C=O) groups is 2. The van der Waals surface area contributed by atoms with Crippen LogP contribution in [0.15, 0.2) is 101 Å². The van der Waals surface area contributed by atoms with Gasteiger partial charge in [-0.2, -0.15) is 0 Å². The molecule has 1 heterocycles. The summed E-state index contributed by atoms with van der Waals surface area (Å²) in [5.74, 6) is -0.927. The third-order valence-electron chi connectivity index (χ3n) is 6.36. The van der Waals surface area contributed by atoms with Gasteiger partial charge in [-0.25, -0.2) is 9.59 Å². The Balaban J connectivity index is 1.75. The van der Waals surface area contributed by atoms with Gasteiger partial charge in [0.25, 0.3) is 0 Å². The number of thiophene rings is 1. The number of anilines is 3. The third kappa shape index (κ3) is 5.34. The van der Waals surface area contributed by atoms with E-state index in [4.69, 9.17) is 9.68 Å². The molecule has 200 valence electrons. The topological polar surface area (TPSA) is 80.6 Å². The smallest absolute Gasteiger partial charge is 0.318 e. The first-order chi connectivity index (χ1) is 19.3. The van der Waals surface area contributed by atoms with Crippen LogP contribution in [0.5, 0.6) is 0 Å². The molecule has 8 heteroatoms. The van der Waals surface area contributed by atoms with Crippen LogP contribution in [-0.4, -0.2) is 23.4 Å². The molecular weight excluding hydrogens is 522 g/mol. The lowest BCUT2D eigenvalue weighted by Crippen LogP contribution is -2.12. The van der Waals surface area contributed by atoms with Crippen molar-refractivity contribution >= 4 is 72.6 Å². The Kier molecular flexibility index (Phi) is 7.70. The quantitative estimate of drug-likeness (QED) is 0.116. The van der Waals surface area contributed by atoms with E-state index in [2.05, 4.69) is 50.9 Å². The van der Waals surface area contributed by atoms with Crippen LogP contribution in [0.1, 0.15) is 38.8 Å². The maximum Gasteiger partial charge on any atom is 0.331 e. The summed E-state index contributed by atoms with van der Waals surface area (Å²) in [6.07, 6.45) is 0. The molecular formula is C32H27N3O4S. The number of rotatable bonds is 7. The zero-order valence-corrected chi connectivity index (χ0v) is 23.4. The molecule has 0 aliphatic heterocycles. The summed E-state index contributed by atoms with van der Waals surface area (Å²) >= 11 is 1.62. The van der Waals surface area contributed by atoms with E-state index in [0.29, 0.717) is 11.4 Å². The van der Waals surface area contributed by atoms with E-state index in [0.717, 1.165) is 49.0 Å². The molecule has 1 aromatic heterocycles. The van der Waals surface area contributed by atoms with Crippen LogP contribution in [0.2, 0.25) is 0 Å². The van der Waals surface area contributed by atoms with Gasteiger partial charge in [-0.3, -0.25) is 0 Å². The van der Waals surface area contributed by atoms with Crippen LogP contribution in [0, 0.1) is 0 Å². The number of hydrogen-bond donors (Lipinski definition) is 0. The maximum absolute atomic E-state index is 11.5. The van der Waals surface area contributed by atoms with Crippen LogP contribution in [0.4, 0.5) is 17.1 Å². The minimum absolute atomic E-state index is 0.463. The average molecular weight is 550 g/mol. The second-order valence-corrected chi connectivity index (χ2v) is 10.1. The fourth-order valence-electron chi connectivity index (χ4n) is 4.66. The number of carbonyl (C=O) groups excluding carboxylic acids is 2. The molecule has 0 aliphatic carbocycles. The van der Waals surface area contributed by atoms with E-state index in [1.54, 1.807) is 18.3 Å². The Morgan fingerprint density at radius 1 is 0.650 bits per heavy atom. The molecule has 5 rings (SSSR count). The Morgan fingerprint density at radius 2 is 1.23 bits per heavy atom. The highest BCUT2D eigenvalue weighted by Crippen LogP contribution is 2.47. The van der Waals surface area contributed by atoms with E-state index in [1.165, 1.54) is 13.8 Å². The first-order valence-corrected chi connectivity index (χ1v) is 13.6. The summed E-state index contributed by atoms with van der Waals surface area (Å²) in [5.41, 5.74) is 5.99. The summed E-state index contributed by atoms with van der Waals surface area (Å²) < 4.78 is 1.05. The molecule has 0 amide bonds. The van der Waals surface area contributed by atoms with Gasteiger partial charge in [-0.15, -0.1) is 11.3 Å². The SMILES string of the molecule is CC(=O)O/N=C(/C)c1ccc(N(c2ccccc2)c2c3ccccc3c(/C(C)=N/OC(C)=O)c3sccc23)cc1. The monoisotopic (exact) mass is 549 g/mol. The summed E-state index contributed by atoms with van der Waals surface area (Å²) in [5, 5.41) is 13.2. The van der Waals surface area contributed by atoms with Crippen molar-refractivity contribution in [3.05, 3.63) is 101 Å². The van der Waals surface area contributed by atoms with Crippen molar-refractivity contribution in [2.24, 2.45) is 10.3 Å². The van der Waals surface area contributed by atoms with Crippen LogP contribution in [0.3, 0.4) is 0 Å². The van der Waals surface area contributed by atoms with E-state index in [9.17, 15) is 9.59 Å². The van der Waals surface area contributed by atoms with Crippen molar-refractivity contribution in [3.8, 4) is 0 Å². The number of para-hydroxylation sites is 1. The van der Waals surface area contributed by atoms with Crippen molar-refractivity contribution in [2.45, 2.75) is 27.7 Å². The average Bonchev–Trinajstić information content (AvgIpc) is 3.44. The minimum atomic E-state index is -0.463. The molecule has 5 aromatic rings. The lowest BCUT2D eigenvalue weighted by Gasteiger charge is -2.28. The van der Waals surface area contributed by atoms with Crippen molar-refractivity contribution in [3.63, 3.8) is 0 Å². The standard InChI is InChI=1S/C32H27N3O4S/c1-20(33-38-22(3)36)24-14-16-26(17-15-24)35(25-10-6-5-7-11-25)31-28-13-9-8-12-27(28)30(21(2)34-39-23(4)37)32-29(31)18-19-40-32/h5-19H,1-4H3/b33-20-,34-21+. The van der Waals surface area contributed by atoms with Crippen LogP contribution < -0.4 is 4.90 Å². The van der Waals surface area contributed by atoms with Gasteiger partial charge in [0.1, 0.15) is 0 Å². The fourth-order valence-corrected chi connectivity index (χ4v) is 5.67. The Hall–Kier alpha value is -4.82. The van der Waals surface area contributed by atoms with Gasteiger partial charge in [0, 0.05) is 46.3 Å². The van der Waals surface area contributed by atoms with Crippen LogP contribution >= 0.6 is 11.3 Å². The zero-order chi connectivity index (χ0) is 28.2. The first-order valence-electron chi connectivity index (χ1n) is 12.7.